The van der Waals surface area contributed by atoms with E-state index in [0.717, 1.165) is 17.4 Å². The summed E-state index contributed by atoms with van der Waals surface area (Å²) in [5.74, 6) is -0.637. The maximum absolute atomic E-state index is 13.1. The lowest BCUT2D eigenvalue weighted by Crippen LogP contribution is -2.26. The van der Waals surface area contributed by atoms with E-state index < -0.39 is 30.1 Å². The highest BCUT2D eigenvalue weighted by molar-refractivity contribution is 6.68. The van der Waals surface area contributed by atoms with Gasteiger partial charge in [0, 0.05) is 17.7 Å². The summed E-state index contributed by atoms with van der Waals surface area (Å²) in [7, 11) is 0. The Hall–Kier alpha value is -2.15. The van der Waals surface area contributed by atoms with Gasteiger partial charge >= 0.3 is 13.1 Å². The molecule has 0 saturated carbocycles. The van der Waals surface area contributed by atoms with Crippen LogP contribution in [0.25, 0.3) is 0 Å². The molecule has 2 heterocycles. The fraction of sp³-hybridized carbons (Fsp3) is 0.294. The second-order valence-electron chi connectivity index (χ2n) is 6.03. The number of nitrogens with zero attached hydrogens (tertiary/aromatic N) is 1. The highest BCUT2D eigenvalue weighted by Gasteiger charge is 2.37. The number of hydrogen-bond acceptors (Lipinski definition) is 3. The van der Waals surface area contributed by atoms with Crippen molar-refractivity contribution in [1.82, 2.24) is 4.98 Å². The van der Waals surface area contributed by atoms with Crippen molar-refractivity contribution in [2.24, 2.45) is 0 Å². The number of Topliss-reactive ketones (excluding diaryl/α,β-unsaturated/α-hetero) is 1. The molecule has 0 spiro atoms. The molecule has 0 unspecified atom stereocenters. The van der Waals surface area contributed by atoms with E-state index in [1.54, 1.807) is 12.1 Å². The number of pyridine rings is 1. The molecule has 3 nitrogen and oxygen atoms in total. The summed E-state index contributed by atoms with van der Waals surface area (Å²) in [5.41, 5.74) is 1.01. The Morgan fingerprint density at radius 3 is 2.75 bits per heavy atom. The third-order valence-electron chi connectivity index (χ3n) is 4.22. The zero-order valence-corrected chi connectivity index (χ0v) is 13.0. The van der Waals surface area contributed by atoms with Crippen molar-refractivity contribution in [3.05, 3.63) is 58.4 Å². The molecule has 1 aromatic carbocycles. The number of ketones is 1. The molecule has 0 radical (unpaired) electrons. The molecule has 0 atom stereocenters. The van der Waals surface area contributed by atoms with Crippen LogP contribution in [0.4, 0.5) is 13.2 Å². The average molecular weight is 333 g/mol. The number of alkyl halides is 3. The molecular weight excluding hydrogens is 318 g/mol. The van der Waals surface area contributed by atoms with Crippen LogP contribution in [-0.2, 0) is 19.0 Å². The van der Waals surface area contributed by atoms with E-state index in [0.29, 0.717) is 11.9 Å². The molecule has 0 bridgehead atoms. The minimum absolute atomic E-state index is 0.159. The highest BCUT2D eigenvalue weighted by atomic mass is 19.4. The standard InChI is InChI=1S/C17H15BF3NO2/c1-10-2-5-13(16(22-10)17(19,20)21)15(23)9-11-3-4-12-6-7-18(24)14(12)8-11/h2-5,8,24H,6-7,9H2,1H3. The van der Waals surface area contributed by atoms with Gasteiger partial charge in [-0.25, -0.2) is 4.98 Å². The molecule has 0 fully saturated rings. The molecule has 0 saturated heterocycles. The zero-order valence-electron chi connectivity index (χ0n) is 13.0. The maximum atomic E-state index is 13.1. The number of aromatic nitrogens is 1. The number of carbonyl (C=O) groups excluding carboxylic acids is 1. The Morgan fingerprint density at radius 2 is 2.04 bits per heavy atom. The van der Waals surface area contributed by atoms with Crippen molar-refractivity contribution < 1.29 is 23.0 Å². The predicted molar refractivity (Wildman–Crippen MR) is 84.6 cm³/mol. The third kappa shape index (κ3) is 3.22. The lowest BCUT2D eigenvalue weighted by atomic mass is 9.63. The second-order valence-corrected chi connectivity index (χ2v) is 6.03. The van der Waals surface area contributed by atoms with E-state index >= 15 is 0 Å². The Balaban J connectivity index is 1.90. The summed E-state index contributed by atoms with van der Waals surface area (Å²) in [4.78, 5) is 15.9. The lowest BCUT2D eigenvalue weighted by molar-refractivity contribution is -0.141. The number of benzene rings is 1. The number of halogens is 3. The molecule has 1 aliphatic rings. The Morgan fingerprint density at radius 1 is 1.29 bits per heavy atom. The van der Waals surface area contributed by atoms with Gasteiger partial charge in [0.1, 0.15) is 0 Å². The Kier molecular flexibility index (Phi) is 4.21. The first kappa shape index (κ1) is 16.7. The highest BCUT2D eigenvalue weighted by Crippen LogP contribution is 2.31. The van der Waals surface area contributed by atoms with Crippen molar-refractivity contribution >= 4 is 18.2 Å². The van der Waals surface area contributed by atoms with E-state index in [1.807, 2.05) is 6.07 Å². The van der Waals surface area contributed by atoms with Crippen molar-refractivity contribution in [1.29, 1.82) is 0 Å². The van der Waals surface area contributed by atoms with Gasteiger partial charge in [-0.05, 0) is 42.8 Å². The topological polar surface area (TPSA) is 50.2 Å². The van der Waals surface area contributed by atoms with E-state index in [-0.39, 0.29) is 12.1 Å². The number of aryl methyl sites for hydroxylation is 2. The molecule has 7 heteroatoms. The molecule has 24 heavy (non-hydrogen) atoms. The van der Waals surface area contributed by atoms with Crippen molar-refractivity contribution in [3.63, 3.8) is 0 Å². The molecule has 1 N–H and O–H groups in total. The summed E-state index contributed by atoms with van der Waals surface area (Å²) < 4.78 is 39.3. The minimum Gasteiger partial charge on any atom is -0.446 e. The summed E-state index contributed by atoms with van der Waals surface area (Å²) in [6.45, 7) is 0.882. The van der Waals surface area contributed by atoms with Crippen LogP contribution < -0.4 is 5.46 Å². The van der Waals surface area contributed by atoms with E-state index in [9.17, 15) is 23.0 Å². The summed E-state index contributed by atoms with van der Waals surface area (Å²) >= 11 is 0. The quantitative estimate of drug-likeness (QED) is 0.694. The fourth-order valence-electron chi connectivity index (χ4n) is 3.02. The third-order valence-corrected chi connectivity index (χ3v) is 4.22. The van der Waals surface area contributed by atoms with Crippen molar-refractivity contribution in [2.45, 2.75) is 32.3 Å². The molecule has 2 aromatic rings. The first-order valence-electron chi connectivity index (χ1n) is 7.63. The predicted octanol–water partition coefficient (Wildman–Crippen LogP) is 2.58. The normalized spacial score (nSPS) is 14.0. The van der Waals surface area contributed by atoms with Crippen LogP contribution in [0.1, 0.15) is 32.9 Å². The maximum Gasteiger partial charge on any atom is 0.434 e. The van der Waals surface area contributed by atoms with Crippen molar-refractivity contribution in [2.75, 3.05) is 0 Å². The van der Waals surface area contributed by atoms with Gasteiger partial charge in [-0.2, -0.15) is 13.2 Å². The first-order chi connectivity index (χ1) is 11.3. The van der Waals surface area contributed by atoms with Gasteiger partial charge < -0.3 is 5.02 Å². The smallest absolute Gasteiger partial charge is 0.434 e. The van der Waals surface area contributed by atoms with Gasteiger partial charge in [0.15, 0.2) is 11.5 Å². The number of rotatable bonds is 3. The fourth-order valence-corrected chi connectivity index (χ4v) is 3.02. The van der Waals surface area contributed by atoms with E-state index in [4.69, 9.17) is 0 Å². The van der Waals surface area contributed by atoms with Crippen LogP contribution >= 0.6 is 0 Å². The van der Waals surface area contributed by atoms with Crippen LogP contribution in [0.5, 0.6) is 0 Å². The molecule has 0 aliphatic carbocycles. The monoisotopic (exact) mass is 333 g/mol. The van der Waals surface area contributed by atoms with Crippen LogP contribution in [0, 0.1) is 6.92 Å². The molecule has 0 amide bonds. The summed E-state index contributed by atoms with van der Waals surface area (Å²) in [5, 5.41) is 9.89. The second kappa shape index (κ2) is 6.05. The molecular formula is C17H15BF3NO2. The number of hydrogen-bond donors (Lipinski definition) is 1. The van der Waals surface area contributed by atoms with E-state index in [2.05, 4.69) is 4.98 Å². The van der Waals surface area contributed by atoms with Gasteiger partial charge in [-0.3, -0.25) is 4.79 Å². The Bertz CT molecular complexity index is 805. The SMILES string of the molecule is Cc1ccc(C(=O)Cc2ccc3c(c2)B(O)CC3)c(C(F)(F)F)n1. The first-order valence-corrected chi connectivity index (χ1v) is 7.63. The zero-order chi connectivity index (χ0) is 17.5. The van der Waals surface area contributed by atoms with Crippen LogP contribution in [0.2, 0.25) is 6.32 Å². The lowest BCUT2D eigenvalue weighted by Gasteiger charge is -2.12. The number of fused-ring (bicyclic) bond motifs is 1. The van der Waals surface area contributed by atoms with Gasteiger partial charge in [-0.15, -0.1) is 0 Å². The van der Waals surface area contributed by atoms with Gasteiger partial charge in [0.05, 0.1) is 0 Å². The largest absolute Gasteiger partial charge is 0.446 e. The van der Waals surface area contributed by atoms with Gasteiger partial charge in [0.2, 0.25) is 0 Å². The molecule has 1 aliphatic heterocycles. The van der Waals surface area contributed by atoms with E-state index in [1.165, 1.54) is 19.1 Å². The van der Waals surface area contributed by atoms with Crippen LogP contribution in [0.15, 0.2) is 30.3 Å². The van der Waals surface area contributed by atoms with Gasteiger partial charge in [-0.1, -0.05) is 23.8 Å². The van der Waals surface area contributed by atoms with Crippen molar-refractivity contribution in [3.8, 4) is 0 Å². The summed E-state index contributed by atoms with van der Waals surface area (Å²) in [6, 6.07) is 7.83. The minimum atomic E-state index is -4.68. The molecule has 1 aromatic heterocycles. The Labute approximate surface area is 137 Å². The molecule has 124 valence electrons. The number of carbonyl (C=O) groups is 1. The van der Waals surface area contributed by atoms with Gasteiger partial charge in [0.25, 0.3) is 0 Å². The van der Waals surface area contributed by atoms with Crippen LogP contribution in [-0.4, -0.2) is 22.7 Å². The average Bonchev–Trinajstić information content (AvgIpc) is 2.87. The summed E-state index contributed by atoms with van der Waals surface area (Å²) in [6.07, 6.45) is -3.43. The van der Waals surface area contributed by atoms with Crippen LogP contribution in [0.3, 0.4) is 0 Å². The molecule has 3 rings (SSSR count).